The van der Waals surface area contributed by atoms with Crippen molar-refractivity contribution in [3.63, 3.8) is 0 Å². The number of halogens is 2. The molecule has 0 aliphatic carbocycles. The van der Waals surface area contributed by atoms with E-state index in [1.807, 2.05) is 0 Å². The summed E-state index contributed by atoms with van der Waals surface area (Å²) in [4.78, 5) is 89.2. The maximum absolute atomic E-state index is 14.2. The van der Waals surface area contributed by atoms with Crippen LogP contribution in [-0.2, 0) is 49.8 Å². The van der Waals surface area contributed by atoms with Crippen LogP contribution in [0.15, 0.2) is 95.7 Å². The van der Waals surface area contributed by atoms with Crippen LogP contribution in [0.3, 0.4) is 0 Å². The highest BCUT2D eigenvalue weighted by Gasteiger charge is 2.57. The van der Waals surface area contributed by atoms with Gasteiger partial charge < -0.3 is 44.2 Å². The van der Waals surface area contributed by atoms with E-state index >= 15 is 0 Å². The van der Waals surface area contributed by atoms with Gasteiger partial charge in [0.2, 0.25) is 0 Å². The summed E-state index contributed by atoms with van der Waals surface area (Å²) < 4.78 is 50.6. The van der Waals surface area contributed by atoms with E-state index in [4.69, 9.17) is 18.6 Å². The molecule has 396 valence electrons. The summed E-state index contributed by atoms with van der Waals surface area (Å²) in [6, 6.07) is 21.5. The fourth-order valence-electron chi connectivity index (χ4n) is 9.19. The van der Waals surface area contributed by atoms with Gasteiger partial charge in [0.25, 0.3) is 23.6 Å². The molecule has 9 rings (SSSR count). The van der Waals surface area contributed by atoms with Gasteiger partial charge in [-0.25, -0.2) is 33.2 Å². The number of urea groups is 2. The van der Waals surface area contributed by atoms with Gasteiger partial charge in [-0.2, -0.15) is 0 Å². The van der Waals surface area contributed by atoms with Crippen LogP contribution in [0.2, 0.25) is 51.4 Å². The Hall–Kier alpha value is -7.28. The predicted molar refractivity (Wildman–Crippen MR) is 274 cm³/mol. The molecular formula is C53H61F2N7O11Si2. The minimum atomic E-state index is -1.71. The maximum atomic E-state index is 14.2. The van der Waals surface area contributed by atoms with Gasteiger partial charge in [0.15, 0.2) is 23.2 Å². The first-order valence-corrected chi connectivity index (χ1v) is 31.9. The van der Waals surface area contributed by atoms with Crippen molar-refractivity contribution >= 4 is 51.8 Å². The van der Waals surface area contributed by atoms with E-state index in [0.717, 1.165) is 28.0 Å². The number of phenols is 1. The standard InChI is InChI=1S/C29H33FN4O6Si.C24H28FN3O5Si/c1-19-25(40-17-31-19)15-39-24-8-6-5-7-23(24)29(16-33-14-20-9-10-21(30)13-22(20)26(33)35)27(36)34(28(37)32-29)18-38-11-12-41(2,3)4;1-34(2,3)11-10-33-15-28-22(31)24(26-23(28)32,19-6-4-5-7-20(19)29)14-27-13-16-8-9-17(25)12-18(16)21(27)30/h5-10,13,17H,11-12,14-16,18H2,1-4H3,(H,32,37);4-9,12,29H,10-11,13-15H2,1-3H3,(H,26,32). The van der Waals surface area contributed by atoms with Crippen molar-refractivity contribution in [2.24, 2.45) is 0 Å². The number of oxazole rings is 1. The number of nitrogens with zero attached hydrogens (tertiary/aromatic N) is 5. The number of benzene rings is 4. The fourth-order valence-corrected chi connectivity index (χ4v) is 10.7. The molecule has 22 heteroatoms. The van der Waals surface area contributed by atoms with E-state index in [-0.39, 0.29) is 68.7 Å². The lowest BCUT2D eigenvalue weighted by atomic mass is 9.88. The summed E-state index contributed by atoms with van der Waals surface area (Å²) in [5, 5.41) is 16.1. The van der Waals surface area contributed by atoms with Crippen LogP contribution in [0.25, 0.3) is 0 Å². The van der Waals surface area contributed by atoms with Crippen LogP contribution in [0.4, 0.5) is 18.4 Å². The third-order valence-electron chi connectivity index (χ3n) is 13.5. The van der Waals surface area contributed by atoms with Gasteiger partial charge in [0, 0.05) is 64.7 Å². The van der Waals surface area contributed by atoms with Gasteiger partial charge in [-0.15, -0.1) is 0 Å². The predicted octanol–water partition coefficient (Wildman–Crippen LogP) is 7.66. The molecule has 5 heterocycles. The average molecular weight is 1070 g/mol. The number of nitrogens with one attached hydrogen (secondary N) is 2. The summed E-state index contributed by atoms with van der Waals surface area (Å²) in [5.74, 6) is -2.48. The minimum Gasteiger partial charge on any atom is -0.508 e. The number of phenolic OH excluding ortho intramolecular Hbond substituents is 1. The van der Waals surface area contributed by atoms with Gasteiger partial charge in [0.1, 0.15) is 43.2 Å². The Bertz CT molecular complexity index is 3040. The van der Waals surface area contributed by atoms with Crippen LogP contribution in [0.5, 0.6) is 11.5 Å². The number of aromatic nitrogens is 1. The maximum Gasteiger partial charge on any atom is 0.327 e. The number of carbonyl (C=O) groups is 6. The lowest BCUT2D eigenvalue weighted by molar-refractivity contribution is -0.136. The number of para-hydroxylation sites is 2. The van der Waals surface area contributed by atoms with E-state index in [1.165, 1.54) is 52.6 Å². The molecule has 2 unspecified atom stereocenters. The van der Waals surface area contributed by atoms with E-state index in [2.05, 4.69) is 54.9 Å². The molecule has 75 heavy (non-hydrogen) atoms. The molecule has 8 amide bonds. The fraction of sp³-hybridized carbons (Fsp3) is 0.377. The SMILES string of the molecule is C[Si](C)(C)CCOCN1C(=O)NC(CN2Cc3ccc(F)cc3C2=O)(c2ccccc2O)C1=O.Cc1ncoc1COc1ccccc1C1(CN2Cc3ccc(F)cc3C2=O)NC(=O)N(COCC[Si](C)(C)C)C1=O. The first-order chi connectivity index (χ1) is 35.5. The van der Waals surface area contributed by atoms with Crippen molar-refractivity contribution < 1.29 is 61.3 Å². The normalized spacial score (nSPS) is 19.4. The topological polar surface area (TPSA) is 213 Å². The third kappa shape index (κ3) is 11.5. The zero-order valence-corrected chi connectivity index (χ0v) is 45.0. The van der Waals surface area contributed by atoms with Crippen molar-refractivity contribution in [2.45, 2.75) is 89.1 Å². The number of hydrogen-bond acceptors (Lipinski definition) is 12. The summed E-state index contributed by atoms with van der Waals surface area (Å²) >= 11 is 0. The summed E-state index contributed by atoms with van der Waals surface area (Å²) in [7, 11) is -2.75. The van der Waals surface area contributed by atoms with E-state index < -0.39 is 74.6 Å². The molecule has 2 atom stereocenters. The van der Waals surface area contributed by atoms with E-state index in [9.17, 15) is 42.7 Å². The molecule has 4 aliphatic heterocycles. The van der Waals surface area contributed by atoms with E-state index in [1.54, 1.807) is 49.4 Å². The Labute approximate surface area is 434 Å². The highest BCUT2D eigenvalue weighted by atomic mass is 28.3. The summed E-state index contributed by atoms with van der Waals surface area (Å²) in [6.45, 7) is 15.3. The van der Waals surface area contributed by atoms with E-state index in [0.29, 0.717) is 47.1 Å². The number of carbonyl (C=O) groups excluding carboxylic acids is 6. The lowest BCUT2D eigenvalue weighted by Crippen LogP contribution is -2.53. The molecular weight excluding hydrogens is 1000 g/mol. The molecule has 0 radical (unpaired) electrons. The Morgan fingerprint density at radius 3 is 1.60 bits per heavy atom. The Balaban J connectivity index is 0.000000203. The quantitative estimate of drug-likeness (QED) is 0.0413. The second kappa shape index (κ2) is 21.5. The number of hydrogen-bond donors (Lipinski definition) is 3. The molecule has 3 N–H and O–H groups in total. The molecule has 4 aliphatic rings. The minimum absolute atomic E-state index is 0.0396. The second-order valence-corrected chi connectivity index (χ2v) is 32.7. The zero-order valence-electron chi connectivity index (χ0n) is 43.0. The van der Waals surface area contributed by atoms with Crippen LogP contribution >= 0.6 is 0 Å². The van der Waals surface area contributed by atoms with Crippen molar-refractivity contribution in [2.75, 3.05) is 39.8 Å². The Morgan fingerprint density at radius 2 is 1.13 bits per heavy atom. The number of rotatable bonds is 19. The Kier molecular flexibility index (Phi) is 15.5. The molecule has 2 saturated heterocycles. The number of aryl methyl sites for hydroxylation is 1. The van der Waals surface area contributed by atoms with Crippen LogP contribution < -0.4 is 15.4 Å². The summed E-state index contributed by atoms with van der Waals surface area (Å²) in [6.07, 6.45) is 1.32. The van der Waals surface area contributed by atoms with Crippen LogP contribution in [0, 0.1) is 18.6 Å². The summed E-state index contributed by atoms with van der Waals surface area (Å²) in [5.41, 5.74) is -0.463. The first-order valence-electron chi connectivity index (χ1n) is 24.5. The second-order valence-electron chi connectivity index (χ2n) is 21.4. The smallest absolute Gasteiger partial charge is 0.327 e. The number of imide groups is 2. The van der Waals surface area contributed by atoms with Crippen LogP contribution in [0.1, 0.15) is 54.4 Å². The monoisotopic (exact) mass is 1070 g/mol. The number of ether oxygens (including phenoxy) is 3. The van der Waals surface area contributed by atoms with Crippen molar-refractivity contribution in [3.05, 3.63) is 148 Å². The molecule has 2 fully saturated rings. The molecule has 5 aromatic rings. The van der Waals surface area contributed by atoms with Gasteiger partial charge in [0.05, 0.1) is 18.8 Å². The molecule has 0 bridgehead atoms. The highest BCUT2D eigenvalue weighted by molar-refractivity contribution is 6.76. The first kappa shape index (κ1) is 54.0. The molecule has 18 nitrogen and oxygen atoms in total. The van der Waals surface area contributed by atoms with Crippen molar-refractivity contribution in [1.82, 2.24) is 35.2 Å². The lowest BCUT2D eigenvalue weighted by Gasteiger charge is -2.33. The number of aromatic hydroxyl groups is 1. The zero-order chi connectivity index (χ0) is 54.0. The Morgan fingerprint density at radius 1 is 0.667 bits per heavy atom. The number of fused-ring (bicyclic) bond motifs is 2. The molecule has 0 spiro atoms. The largest absolute Gasteiger partial charge is 0.508 e. The van der Waals surface area contributed by atoms with Crippen molar-refractivity contribution in [3.8, 4) is 11.5 Å². The van der Waals surface area contributed by atoms with Crippen molar-refractivity contribution in [1.29, 1.82) is 0 Å². The van der Waals surface area contributed by atoms with Gasteiger partial charge in [-0.1, -0.05) is 87.8 Å². The number of amides is 8. The molecule has 4 aromatic carbocycles. The highest BCUT2D eigenvalue weighted by Crippen LogP contribution is 2.40. The molecule has 0 saturated carbocycles. The van der Waals surface area contributed by atoms with Crippen LogP contribution in [-0.4, -0.2) is 121 Å². The van der Waals surface area contributed by atoms with Gasteiger partial charge in [-0.05, 0) is 66.5 Å². The van der Waals surface area contributed by atoms with Gasteiger partial charge >= 0.3 is 12.1 Å². The third-order valence-corrected chi connectivity index (χ3v) is 16.9. The molecule has 1 aromatic heterocycles. The average Bonchev–Trinajstić information content (AvgIpc) is 4.11. The van der Waals surface area contributed by atoms with Gasteiger partial charge in [-0.3, -0.25) is 19.2 Å².